The summed E-state index contributed by atoms with van der Waals surface area (Å²) in [5, 5.41) is 34.2. The van der Waals surface area contributed by atoms with E-state index in [1.165, 1.54) is 18.3 Å². The number of carbonyl (C=O) groups excluding carboxylic acids is 1. The smallest absolute Gasteiger partial charge is 0.269 e. The van der Waals surface area contributed by atoms with E-state index in [1.54, 1.807) is 53.3 Å². The molecule has 0 spiro atoms. The lowest BCUT2D eigenvalue weighted by Crippen LogP contribution is -2.24. The number of benzene rings is 3. The molecule has 0 aliphatic heterocycles. The summed E-state index contributed by atoms with van der Waals surface area (Å²) in [6.07, 6.45) is 3.14. The lowest BCUT2D eigenvalue weighted by molar-refractivity contribution is -0.384. The number of amides is 1. The van der Waals surface area contributed by atoms with Gasteiger partial charge in [-0.15, -0.1) is 5.10 Å². The molecule has 0 atom stereocenters. The van der Waals surface area contributed by atoms with Gasteiger partial charge in [0.25, 0.3) is 11.6 Å². The largest absolute Gasteiger partial charge is 0.456 e. The molecule has 44 heavy (non-hydrogen) atoms. The molecule has 5 rings (SSSR count). The molecule has 0 radical (unpaired) electrons. The lowest BCUT2D eigenvalue weighted by Gasteiger charge is -2.16. The van der Waals surface area contributed by atoms with E-state index in [1.807, 2.05) is 32.9 Å². The van der Waals surface area contributed by atoms with Crippen LogP contribution in [-0.4, -0.2) is 30.8 Å². The van der Waals surface area contributed by atoms with E-state index < -0.39 is 10.8 Å². The number of carbonyl (C=O) groups is 1. The molecular weight excluding hydrogens is 560 g/mol. The van der Waals surface area contributed by atoms with E-state index in [0.717, 1.165) is 27.9 Å². The predicted molar refractivity (Wildman–Crippen MR) is 163 cm³/mol. The van der Waals surface area contributed by atoms with Crippen LogP contribution in [0.1, 0.15) is 43.9 Å². The first-order chi connectivity index (χ1) is 21.2. The number of hydrogen-bond acceptors (Lipinski definition) is 9. The van der Waals surface area contributed by atoms with Gasteiger partial charge in [0, 0.05) is 30.1 Å². The minimum absolute atomic E-state index is 0.0133. The van der Waals surface area contributed by atoms with Gasteiger partial charge < -0.3 is 15.4 Å². The Kier molecular flexibility index (Phi) is 8.57. The van der Waals surface area contributed by atoms with Crippen molar-refractivity contribution in [1.29, 1.82) is 5.26 Å². The fourth-order valence-corrected chi connectivity index (χ4v) is 4.65. The second-order valence-electron chi connectivity index (χ2n) is 10.2. The van der Waals surface area contributed by atoms with Crippen LogP contribution >= 0.6 is 0 Å². The van der Waals surface area contributed by atoms with Gasteiger partial charge in [0.05, 0.1) is 35.8 Å². The number of pyridine rings is 1. The third-order valence-corrected chi connectivity index (χ3v) is 6.72. The first-order valence-electron chi connectivity index (χ1n) is 13.6. The summed E-state index contributed by atoms with van der Waals surface area (Å²) in [5.41, 5.74) is 5.81. The fourth-order valence-electron chi connectivity index (χ4n) is 4.65. The summed E-state index contributed by atoms with van der Waals surface area (Å²) in [5.74, 6) is 1.00. The molecule has 0 saturated carbocycles. The average molecular weight is 589 g/mol. The first-order valence-corrected chi connectivity index (χ1v) is 13.6. The van der Waals surface area contributed by atoms with Gasteiger partial charge in [-0.1, -0.05) is 35.0 Å². The van der Waals surface area contributed by atoms with E-state index >= 15 is 0 Å². The minimum Gasteiger partial charge on any atom is -0.456 e. The van der Waals surface area contributed by atoms with Crippen LogP contribution in [0.25, 0.3) is 0 Å². The Hall–Kier alpha value is -6.09. The summed E-state index contributed by atoms with van der Waals surface area (Å²) >= 11 is 0. The topological polar surface area (TPSA) is 161 Å². The van der Waals surface area contributed by atoms with Crippen LogP contribution in [0.4, 0.5) is 17.2 Å². The summed E-state index contributed by atoms with van der Waals surface area (Å²) in [4.78, 5) is 28.3. The maximum absolute atomic E-state index is 13.4. The van der Waals surface area contributed by atoms with Crippen LogP contribution < -0.4 is 15.4 Å². The molecule has 1 amide bonds. The molecule has 12 nitrogen and oxygen atoms in total. The molecule has 2 N–H and O–H groups in total. The first kappa shape index (κ1) is 29.4. The molecule has 5 aromatic rings. The van der Waals surface area contributed by atoms with E-state index in [9.17, 15) is 14.9 Å². The average Bonchev–Trinajstić information content (AvgIpc) is 3.45. The predicted octanol–water partition coefficient (Wildman–Crippen LogP) is 5.89. The van der Waals surface area contributed by atoms with Crippen LogP contribution in [0.15, 0.2) is 79.1 Å². The van der Waals surface area contributed by atoms with Crippen LogP contribution in [0.5, 0.6) is 11.5 Å². The Balaban J connectivity index is 1.33. The number of rotatable bonds is 10. The van der Waals surface area contributed by atoms with E-state index in [2.05, 4.69) is 32.0 Å². The molecule has 0 bridgehead atoms. The van der Waals surface area contributed by atoms with Crippen LogP contribution in [0, 0.1) is 42.2 Å². The zero-order chi connectivity index (χ0) is 31.2. The Bertz CT molecular complexity index is 1850. The number of ether oxygens (including phenoxy) is 1. The highest BCUT2D eigenvalue weighted by Crippen LogP contribution is 2.33. The van der Waals surface area contributed by atoms with Crippen molar-refractivity contribution in [3.8, 4) is 17.6 Å². The van der Waals surface area contributed by atoms with Gasteiger partial charge >= 0.3 is 0 Å². The monoisotopic (exact) mass is 588 g/mol. The quantitative estimate of drug-likeness (QED) is 0.150. The standard InChI is InChI=1S/C32H28N8O4/c1-20-12-21(2)31(22(3)13-20)44-29-14-30(36-25-8-4-23(15-33)5-9-25)34-17-28(29)32(41)35-16-26-19-39(38-37-26)18-24-6-10-27(11-7-24)40(42)43/h4-14,17,19H,16,18H2,1-3H3,(H,34,36)(H,35,41). The normalized spacial score (nSPS) is 10.6. The van der Waals surface area contributed by atoms with Gasteiger partial charge in [-0.3, -0.25) is 14.9 Å². The number of nitrogens with one attached hydrogen (secondary N) is 2. The van der Waals surface area contributed by atoms with E-state index in [-0.39, 0.29) is 17.8 Å². The maximum Gasteiger partial charge on any atom is 0.269 e. The molecule has 2 heterocycles. The molecule has 0 fully saturated rings. The van der Waals surface area contributed by atoms with Crippen molar-refractivity contribution in [1.82, 2.24) is 25.3 Å². The number of non-ortho nitro benzene ring substituents is 1. The van der Waals surface area contributed by atoms with Crippen LogP contribution in [0.2, 0.25) is 0 Å². The van der Waals surface area contributed by atoms with Crippen molar-refractivity contribution in [2.45, 2.75) is 33.9 Å². The molecule has 0 aliphatic carbocycles. The number of nitro benzene ring substituents is 1. The fraction of sp³-hybridized carbons (Fsp3) is 0.156. The minimum atomic E-state index is -0.450. The Morgan fingerprint density at radius 3 is 2.41 bits per heavy atom. The maximum atomic E-state index is 13.4. The number of nitrogens with zero attached hydrogens (tertiary/aromatic N) is 6. The van der Waals surface area contributed by atoms with Gasteiger partial charge in [0.2, 0.25) is 0 Å². The van der Waals surface area contributed by atoms with Crippen molar-refractivity contribution in [2.24, 2.45) is 0 Å². The van der Waals surface area contributed by atoms with Crippen molar-refractivity contribution >= 4 is 23.1 Å². The molecule has 3 aromatic carbocycles. The molecular formula is C32H28N8O4. The van der Waals surface area contributed by atoms with E-state index in [0.29, 0.717) is 35.1 Å². The summed E-state index contributed by atoms with van der Waals surface area (Å²) < 4.78 is 7.94. The van der Waals surface area contributed by atoms with E-state index in [4.69, 9.17) is 10.00 Å². The van der Waals surface area contributed by atoms with Gasteiger partial charge in [-0.05, 0) is 61.7 Å². The lowest BCUT2D eigenvalue weighted by atomic mass is 10.1. The second kappa shape index (κ2) is 12.8. The Morgan fingerprint density at radius 2 is 1.75 bits per heavy atom. The highest BCUT2D eigenvalue weighted by atomic mass is 16.6. The third kappa shape index (κ3) is 7.03. The van der Waals surface area contributed by atoms with Crippen LogP contribution in [-0.2, 0) is 13.1 Å². The molecule has 12 heteroatoms. The molecule has 2 aromatic heterocycles. The van der Waals surface area contributed by atoms with Crippen molar-refractivity contribution in [2.75, 3.05) is 5.32 Å². The summed E-state index contributed by atoms with van der Waals surface area (Å²) in [7, 11) is 0. The molecule has 220 valence electrons. The summed E-state index contributed by atoms with van der Waals surface area (Å²) in [6.45, 7) is 6.38. The van der Waals surface area contributed by atoms with Crippen LogP contribution in [0.3, 0.4) is 0 Å². The van der Waals surface area contributed by atoms with Gasteiger partial charge in [0.15, 0.2) is 0 Å². The molecule has 0 aliphatic rings. The number of nitriles is 1. The van der Waals surface area contributed by atoms with Crippen molar-refractivity contribution in [3.63, 3.8) is 0 Å². The molecule has 0 saturated heterocycles. The highest BCUT2D eigenvalue weighted by Gasteiger charge is 2.18. The zero-order valence-corrected chi connectivity index (χ0v) is 24.2. The number of aromatic nitrogens is 4. The van der Waals surface area contributed by atoms with Crippen molar-refractivity contribution < 1.29 is 14.5 Å². The highest BCUT2D eigenvalue weighted by molar-refractivity contribution is 5.97. The molecule has 0 unspecified atom stereocenters. The SMILES string of the molecule is Cc1cc(C)c(Oc2cc(Nc3ccc(C#N)cc3)ncc2C(=O)NCc2cn(Cc3ccc([N+](=O)[O-])cc3)nn2)c(C)c1. The number of hydrogen-bond donors (Lipinski definition) is 2. The van der Waals surface area contributed by atoms with Crippen molar-refractivity contribution in [3.05, 3.63) is 128 Å². The zero-order valence-electron chi connectivity index (χ0n) is 24.2. The third-order valence-electron chi connectivity index (χ3n) is 6.72. The number of anilines is 2. The Morgan fingerprint density at radius 1 is 1.05 bits per heavy atom. The number of nitro groups is 1. The van der Waals surface area contributed by atoms with Gasteiger partial charge in [-0.25, -0.2) is 9.67 Å². The van der Waals surface area contributed by atoms with Gasteiger partial charge in [-0.2, -0.15) is 5.26 Å². The Labute approximate surface area is 253 Å². The van der Waals surface area contributed by atoms with Gasteiger partial charge in [0.1, 0.15) is 28.6 Å². The number of aryl methyl sites for hydroxylation is 3. The second-order valence-corrected chi connectivity index (χ2v) is 10.2. The summed E-state index contributed by atoms with van der Waals surface area (Å²) in [6, 6.07) is 20.9.